The van der Waals surface area contributed by atoms with E-state index in [9.17, 15) is 38.7 Å². The van der Waals surface area contributed by atoms with Crippen molar-refractivity contribution in [2.75, 3.05) is 32.7 Å². The van der Waals surface area contributed by atoms with Crippen LogP contribution in [0.15, 0.2) is 80.9 Å². The van der Waals surface area contributed by atoms with Crippen molar-refractivity contribution >= 4 is 117 Å². The lowest BCUT2D eigenvalue weighted by molar-refractivity contribution is -0.142. The minimum atomic E-state index is -1.50. The van der Waals surface area contributed by atoms with Gasteiger partial charge in [0.25, 0.3) is 0 Å². The van der Waals surface area contributed by atoms with E-state index in [0.29, 0.717) is 65.2 Å². The molecule has 2 aromatic carbocycles. The van der Waals surface area contributed by atoms with Crippen molar-refractivity contribution in [3.63, 3.8) is 0 Å². The Hall–Kier alpha value is -11.8. The number of hydrogen-bond donors (Lipinski definition) is 24. The number of aromatic amines is 2. The van der Waals surface area contributed by atoms with Crippen molar-refractivity contribution < 1.29 is 62.6 Å². The van der Waals surface area contributed by atoms with Gasteiger partial charge in [-0.05, 0) is 136 Å². The smallest absolute Gasteiger partial charge is 0.326 e. The first-order valence-electron chi connectivity index (χ1n) is 41.1. The molecule has 0 saturated heterocycles. The molecule has 0 fully saturated rings. The summed E-state index contributed by atoms with van der Waals surface area (Å²) in [6.45, 7) is 17.8. The summed E-state index contributed by atoms with van der Waals surface area (Å²) in [6.07, 6.45) is 4.84. The maximum absolute atomic E-state index is 15.3. The molecule has 0 aliphatic carbocycles. The number of nitrogens with one attached hydrogen (secondary N) is 13. The van der Waals surface area contributed by atoms with Gasteiger partial charge in [-0.15, -0.1) is 0 Å². The molecule has 120 heavy (non-hydrogen) atoms. The van der Waals surface area contributed by atoms with Crippen LogP contribution in [-0.2, 0) is 70.4 Å². The van der Waals surface area contributed by atoms with Crippen LogP contribution in [-0.4, -0.2) is 215 Å². The Morgan fingerprint density at radius 3 is 1.02 bits per heavy atom. The number of amides is 11. The second-order valence-electron chi connectivity index (χ2n) is 31.4. The van der Waals surface area contributed by atoms with Gasteiger partial charge < -0.3 is 131 Å². The Kier molecular flexibility index (Phi) is 43.1. The number of guanidine groups is 4. The van der Waals surface area contributed by atoms with Crippen molar-refractivity contribution in [1.29, 1.82) is 0 Å². The number of rotatable bonds is 55. The summed E-state index contributed by atoms with van der Waals surface area (Å²) in [7, 11) is 0. The Labute approximate surface area is 700 Å². The highest BCUT2D eigenvalue weighted by Crippen LogP contribution is 2.23. The van der Waals surface area contributed by atoms with Crippen LogP contribution >= 0.6 is 0 Å². The maximum Gasteiger partial charge on any atom is 0.326 e. The molecule has 0 bridgehead atoms. The summed E-state index contributed by atoms with van der Waals surface area (Å²) < 4.78 is 0. The molecule has 666 valence electrons. The Morgan fingerprint density at radius 2 is 0.667 bits per heavy atom. The first-order chi connectivity index (χ1) is 56.8. The first kappa shape index (κ1) is 101. The van der Waals surface area contributed by atoms with E-state index in [-0.39, 0.29) is 139 Å². The summed E-state index contributed by atoms with van der Waals surface area (Å²) in [5, 5.41) is 41.9. The van der Waals surface area contributed by atoms with Crippen molar-refractivity contribution in [3.8, 4) is 0 Å². The van der Waals surface area contributed by atoms with E-state index < -0.39 is 161 Å². The number of aliphatic carboxylic acids is 1. The van der Waals surface area contributed by atoms with Gasteiger partial charge in [-0.25, -0.2) is 4.79 Å². The number of aromatic nitrogens is 2. The molecule has 34 N–H and O–H groups in total. The van der Waals surface area contributed by atoms with E-state index in [2.05, 4.69) is 88.4 Å². The molecule has 0 saturated carbocycles. The third-order valence-corrected chi connectivity index (χ3v) is 20.5. The Balaban J connectivity index is 1.74. The minimum absolute atomic E-state index is 0.00269. The predicted molar refractivity (Wildman–Crippen MR) is 461 cm³/mol. The van der Waals surface area contributed by atoms with E-state index >= 15 is 24.0 Å². The third kappa shape index (κ3) is 34.2. The number of carboxylic acid groups (broad SMARTS) is 1. The lowest BCUT2D eigenvalue weighted by Crippen LogP contribution is -2.62. The normalized spacial score (nSPS) is 14.8. The fourth-order valence-corrected chi connectivity index (χ4v) is 13.1. The summed E-state index contributed by atoms with van der Waals surface area (Å²) in [6, 6.07) is -1.85. The highest BCUT2D eigenvalue weighted by Gasteiger charge is 2.40. The highest BCUT2D eigenvalue weighted by atomic mass is 16.4. The number of benzene rings is 2. The molecule has 0 spiro atoms. The second kappa shape index (κ2) is 51.5. The number of aliphatic imine (C=N–C) groups is 4. The lowest BCUT2D eigenvalue weighted by Gasteiger charge is -2.31. The molecule has 11 amide bonds. The van der Waals surface area contributed by atoms with Crippen LogP contribution in [0.4, 0.5) is 0 Å². The van der Waals surface area contributed by atoms with Gasteiger partial charge >= 0.3 is 5.97 Å². The maximum atomic E-state index is 15.3. The molecule has 4 aromatic rings. The van der Waals surface area contributed by atoms with Crippen LogP contribution in [0, 0.1) is 29.6 Å². The van der Waals surface area contributed by atoms with Crippen LogP contribution < -0.4 is 116 Å². The monoisotopic (exact) mass is 1680 g/mol. The SMILES string of the molecule is CC[C@H](C)[C@H](NC(=O)[C@H](CCCN=C(N)N)NC(=O)[C@H](Cc1c[nH]c2ccccc12)NC(=O)[C@@H](NC(=O)[C@@H](NC(=O)[C@H](CC(C)C)NC(=O)[C@H](Cc1c[nH]c2ccccc12)NC(=O)[C@H](CCCN=C(N)N)NC(=O)[C@H](CCCN=C(N)N)NC(=O)[C@@H](N)C(C)C)[C@@H](C)CC)C(C)C)C(=O)N[C@@H](CCCN=C(N)N)C(=O)N[C@@H](CCCCN)C(=O)O. The topological polar surface area (TPSA) is 699 Å². The molecule has 0 unspecified atom stereocenters. The molecule has 0 aliphatic rings. The molecule has 4 rings (SSSR count). The van der Waals surface area contributed by atoms with E-state index in [0.717, 1.165) is 0 Å². The highest BCUT2D eigenvalue weighted by molar-refractivity contribution is 6.00. The van der Waals surface area contributed by atoms with Crippen molar-refractivity contribution in [2.24, 2.45) is 107 Å². The number of fused-ring (bicyclic) bond motifs is 2. The van der Waals surface area contributed by atoms with E-state index in [1.807, 2.05) is 38.1 Å². The first-order valence-corrected chi connectivity index (χ1v) is 41.1. The van der Waals surface area contributed by atoms with Gasteiger partial charge in [0.15, 0.2) is 23.8 Å². The number of nitrogens with two attached hydrogens (primary N) is 10. The van der Waals surface area contributed by atoms with Gasteiger partial charge in [-0.3, -0.25) is 72.7 Å². The lowest BCUT2D eigenvalue weighted by atomic mass is 9.95. The Morgan fingerprint density at radius 1 is 0.367 bits per heavy atom. The van der Waals surface area contributed by atoms with Crippen LogP contribution in [0.1, 0.15) is 170 Å². The Bertz CT molecular complexity index is 4140. The van der Waals surface area contributed by atoms with Gasteiger partial charge in [-0.2, -0.15) is 0 Å². The molecular weight excluding hydrogens is 1550 g/mol. The van der Waals surface area contributed by atoms with Crippen molar-refractivity contribution in [3.05, 3.63) is 72.1 Å². The van der Waals surface area contributed by atoms with E-state index in [4.69, 9.17) is 57.3 Å². The number of hydrogen-bond acceptors (Lipinski definition) is 18. The predicted octanol–water partition coefficient (Wildman–Crippen LogP) is -2.03. The number of para-hydroxylation sites is 2. The fourth-order valence-electron chi connectivity index (χ4n) is 13.1. The van der Waals surface area contributed by atoms with Crippen LogP contribution in [0.5, 0.6) is 0 Å². The molecular formula is C80H133N27O13. The summed E-state index contributed by atoms with van der Waals surface area (Å²) in [5.74, 6) is -13.7. The zero-order chi connectivity index (χ0) is 89.5. The van der Waals surface area contributed by atoms with Gasteiger partial charge in [-0.1, -0.05) is 118 Å². The average molecular weight is 1680 g/mol. The zero-order valence-electron chi connectivity index (χ0n) is 70.8. The standard InChI is InChI=1S/C80H133N27O13/c1-11-45(9)63(74(117)100-55(30-21-35-93-79(87)88)66(109)101-57(76(119)120)27-17-18-32-81)106-68(111)56(31-22-36-94-80(89)90)98-69(112)60(39-48-41-96-52-26-16-14-24-50(48)52)104-73(116)62(44(7)8)105-75(118)64(46(10)12-2)107-71(114)58(37-42(3)4)102-70(113)59(38-47-40-95-51-25-15-13-23-49(47)51)103-67(110)53(28-19-33-91-77(83)84)97-65(108)54(29-20-34-92-78(85)86)99-72(115)61(82)43(5)6/h13-16,23-26,40-46,53-64,95-96H,11-12,17-22,27-39,81-82H2,1-10H3,(H,97,108)(H,98,112)(H,99,115)(H,100,117)(H,101,109)(H,102,113)(H,103,110)(H,104,116)(H,105,118)(H,106,111)(H,107,114)(H,119,120)(H4,83,84,91)(H4,85,86,92)(H4,87,88,93)(H4,89,90,94)/t45-,46-,53-,54-,55-,56-,57-,58-,59-,60-,61-,62-,63-,64-/m0/s1. The minimum Gasteiger partial charge on any atom is -0.480 e. The second-order valence-corrected chi connectivity index (χ2v) is 31.4. The fraction of sp³-hybridized carbons (Fsp3) is 0.600. The van der Waals surface area contributed by atoms with Crippen LogP contribution in [0.3, 0.4) is 0 Å². The summed E-state index contributed by atoms with van der Waals surface area (Å²) in [4.78, 5) is 197. The van der Waals surface area contributed by atoms with E-state index in [1.54, 1.807) is 92.0 Å². The van der Waals surface area contributed by atoms with Gasteiger partial charge in [0, 0.05) is 73.2 Å². The van der Waals surface area contributed by atoms with E-state index in [1.165, 1.54) is 0 Å². The number of nitrogens with zero attached hydrogens (tertiary/aromatic N) is 4. The van der Waals surface area contributed by atoms with Crippen LogP contribution in [0.2, 0.25) is 0 Å². The number of carbonyl (C=O) groups excluding carboxylic acids is 11. The summed E-state index contributed by atoms with van der Waals surface area (Å²) >= 11 is 0. The number of H-pyrrole nitrogens is 2. The number of carboxylic acids is 1. The van der Waals surface area contributed by atoms with Gasteiger partial charge in [0.1, 0.15) is 66.5 Å². The van der Waals surface area contributed by atoms with Gasteiger partial charge in [0.2, 0.25) is 65.0 Å². The van der Waals surface area contributed by atoms with Crippen molar-refractivity contribution in [1.82, 2.24) is 68.5 Å². The zero-order valence-corrected chi connectivity index (χ0v) is 70.8. The third-order valence-electron chi connectivity index (χ3n) is 20.5. The van der Waals surface area contributed by atoms with Gasteiger partial charge in [0.05, 0.1) is 6.04 Å². The molecule has 40 heteroatoms. The number of carbonyl (C=O) groups is 12. The van der Waals surface area contributed by atoms with Crippen LogP contribution in [0.25, 0.3) is 21.8 Å². The quantitative estimate of drug-likeness (QED) is 0.0129. The molecule has 14 atom stereocenters. The molecule has 2 heterocycles. The number of unbranched alkanes of at least 4 members (excludes halogenated alkanes) is 1. The van der Waals surface area contributed by atoms with Crippen molar-refractivity contribution in [2.45, 2.75) is 244 Å². The molecule has 0 radical (unpaired) electrons. The average Bonchev–Trinajstić information content (AvgIpc) is 1.66. The molecule has 0 aliphatic heterocycles. The molecule has 2 aromatic heterocycles. The summed E-state index contributed by atoms with van der Waals surface area (Å²) in [5.41, 5.74) is 59.3. The largest absolute Gasteiger partial charge is 0.480 e. The molecule has 40 nitrogen and oxygen atoms in total.